The van der Waals surface area contributed by atoms with Crippen molar-refractivity contribution in [3.05, 3.63) is 34.3 Å². The van der Waals surface area contributed by atoms with Crippen LogP contribution >= 0.6 is 15.9 Å². The highest BCUT2D eigenvalue weighted by Gasteiger charge is 2.25. The average Bonchev–Trinajstić information content (AvgIpc) is 2.26. The van der Waals surface area contributed by atoms with Crippen LogP contribution in [0.3, 0.4) is 0 Å². The summed E-state index contributed by atoms with van der Waals surface area (Å²) in [7, 11) is 1.67. The van der Waals surface area contributed by atoms with Crippen LogP contribution in [0.1, 0.15) is 25.8 Å². The Morgan fingerprint density at radius 1 is 1.40 bits per heavy atom. The van der Waals surface area contributed by atoms with Gasteiger partial charge in [-0.15, -0.1) is 0 Å². The fourth-order valence-corrected chi connectivity index (χ4v) is 2.23. The number of nitrogens with zero attached hydrogens (tertiary/aromatic N) is 1. The van der Waals surface area contributed by atoms with E-state index >= 15 is 0 Å². The molecule has 6 heteroatoms. The second-order valence-corrected chi connectivity index (χ2v) is 6.29. The first-order valence-electron chi connectivity index (χ1n) is 6.19. The number of benzene rings is 1. The van der Waals surface area contributed by atoms with Crippen molar-refractivity contribution < 1.29 is 14.7 Å². The molecule has 0 spiro atoms. The number of nitrogens with one attached hydrogen (secondary N) is 1. The molecule has 1 rings (SSSR count). The lowest BCUT2D eigenvalue weighted by Gasteiger charge is -2.28. The highest BCUT2D eigenvalue weighted by molar-refractivity contribution is 9.10. The number of carboxylic acid groups (broad SMARTS) is 1. The SMILES string of the molecule is CN(Cc1cccc(Br)c1)C(=O)NC(C)(C)CC(=O)O. The van der Waals surface area contributed by atoms with Crippen LogP contribution in [0.25, 0.3) is 0 Å². The number of carboxylic acids is 1. The summed E-state index contributed by atoms with van der Waals surface area (Å²) >= 11 is 3.38. The molecule has 0 aliphatic heterocycles. The molecule has 0 bridgehead atoms. The zero-order chi connectivity index (χ0) is 15.3. The normalized spacial score (nSPS) is 11.0. The van der Waals surface area contributed by atoms with Crippen molar-refractivity contribution in [2.24, 2.45) is 0 Å². The van der Waals surface area contributed by atoms with Crippen LogP contribution in [0.4, 0.5) is 4.79 Å². The van der Waals surface area contributed by atoms with E-state index in [4.69, 9.17) is 5.11 Å². The predicted molar refractivity (Wildman–Crippen MR) is 80.5 cm³/mol. The fourth-order valence-electron chi connectivity index (χ4n) is 1.79. The summed E-state index contributed by atoms with van der Waals surface area (Å²) in [5.41, 5.74) is 0.210. The molecule has 20 heavy (non-hydrogen) atoms. The standard InChI is InChI=1S/C14H19BrN2O3/c1-14(2,8-12(18)19)16-13(20)17(3)9-10-5-4-6-11(15)7-10/h4-7H,8-9H2,1-3H3,(H,16,20)(H,18,19). The van der Waals surface area contributed by atoms with Gasteiger partial charge in [0.05, 0.1) is 6.42 Å². The van der Waals surface area contributed by atoms with Crippen molar-refractivity contribution in [2.75, 3.05) is 7.05 Å². The molecule has 0 heterocycles. The van der Waals surface area contributed by atoms with E-state index in [-0.39, 0.29) is 12.5 Å². The van der Waals surface area contributed by atoms with Crippen LogP contribution in [0.2, 0.25) is 0 Å². The number of halogens is 1. The minimum absolute atomic E-state index is 0.122. The third kappa shape index (κ3) is 5.61. The number of hydrogen-bond donors (Lipinski definition) is 2. The Balaban J connectivity index is 2.61. The maximum atomic E-state index is 12.0. The maximum Gasteiger partial charge on any atom is 0.317 e. The van der Waals surface area contributed by atoms with E-state index in [1.807, 2.05) is 24.3 Å². The zero-order valence-electron chi connectivity index (χ0n) is 11.8. The monoisotopic (exact) mass is 342 g/mol. The molecule has 110 valence electrons. The fraction of sp³-hybridized carbons (Fsp3) is 0.429. The molecule has 0 fully saturated rings. The first-order valence-corrected chi connectivity index (χ1v) is 6.98. The Morgan fingerprint density at radius 3 is 2.60 bits per heavy atom. The molecule has 0 radical (unpaired) electrons. The number of aliphatic carboxylic acids is 1. The molecular formula is C14H19BrN2O3. The highest BCUT2D eigenvalue weighted by Crippen LogP contribution is 2.14. The van der Waals surface area contributed by atoms with Crippen LogP contribution in [0, 0.1) is 0 Å². The van der Waals surface area contributed by atoms with Gasteiger partial charge in [0.25, 0.3) is 0 Å². The second-order valence-electron chi connectivity index (χ2n) is 5.37. The van der Waals surface area contributed by atoms with E-state index < -0.39 is 11.5 Å². The zero-order valence-corrected chi connectivity index (χ0v) is 13.4. The lowest BCUT2D eigenvalue weighted by Crippen LogP contribution is -2.49. The Kier molecular flexibility index (Phi) is 5.56. The van der Waals surface area contributed by atoms with Crippen molar-refractivity contribution in [3.8, 4) is 0 Å². The van der Waals surface area contributed by atoms with Gasteiger partial charge in [0.15, 0.2) is 0 Å². The first-order chi connectivity index (χ1) is 9.19. The van der Waals surface area contributed by atoms with E-state index in [1.54, 1.807) is 20.9 Å². The molecular weight excluding hydrogens is 324 g/mol. The van der Waals surface area contributed by atoms with Gasteiger partial charge in [-0.2, -0.15) is 0 Å². The number of urea groups is 1. The van der Waals surface area contributed by atoms with Gasteiger partial charge >= 0.3 is 12.0 Å². The van der Waals surface area contributed by atoms with Crippen LogP contribution in [0.5, 0.6) is 0 Å². The molecule has 0 aromatic heterocycles. The van der Waals surface area contributed by atoms with E-state index in [9.17, 15) is 9.59 Å². The van der Waals surface area contributed by atoms with Crippen LogP contribution in [-0.2, 0) is 11.3 Å². The summed E-state index contributed by atoms with van der Waals surface area (Å²) < 4.78 is 0.954. The lowest BCUT2D eigenvalue weighted by atomic mass is 10.0. The molecule has 0 aliphatic rings. The van der Waals surface area contributed by atoms with Gasteiger partial charge in [0.2, 0.25) is 0 Å². The largest absolute Gasteiger partial charge is 0.481 e. The quantitative estimate of drug-likeness (QED) is 0.864. The maximum absolute atomic E-state index is 12.0. The molecule has 1 aromatic rings. The molecule has 2 amide bonds. The lowest BCUT2D eigenvalue weighted by molar-refractivity contribution is -0.138. The van der Waals surface area contributed by atoms with Gasteiger partial charge in [-0.3, -0.25) is 4.79 Å². The molecule has 1 aromatic carbocycles. The summed E-state index contributed by atoms with van der Waals surface area (Å²) in [6, 6.07) is 7.39. The van der Waals surface area contributed by atoms with Crippen molar-refractivity contribution in [1.29, 1.82) is 0 Å². The predicted octanol–water partition coefficient (Wildman–Crippen LogP) is 2.84. The smallest absolute Gasteiger partial charge is 0.317 e. The van der Waals surface area contributed by atoms with Crippen LogP contribution in [0.15, 0.2) is 28.7 Å². The third-order valence-corrected chi connectivity index (χ3v) is 3.19. The van der Waals surface area contributed by atoms with E-state index in [0.717, 1.165) is 10.0 Å². The van der Waals surface area contributed by atoms with Gasteiger partial charge < -0.3 is 15.3 Å². The number of amides is 2. The molecule has 0 atom stereocenters. The van der Waals surface area contributed by atoms with Crippen molar-refractivity contribution in [3.63, 3.8) is 0 Å². The average molecular weight is 343 g/mol. The molecule has 0 aliphatic carbocycles. The summed E-state index contributed by atoms with van der Waals surface area (Å²) in [5, 5.41) is 11.5. The Bertz CT molecular complexity index is 503. The molecule has 5 nitrogen and oxygen atoms in total. The van der Waals surface area contributed by atoms with Crippen LogP contribution < -0.4 is 5.32 Å². The topological polar surface area (TPSA) is 69.6 Å². The third-order valence-electron chi connectivity index (χ3n) is 2.69. The number of carbonyl (C=O) groups excluding carboxylic acids is 1. The highest BCUT2D eigenvalue weighted by atomic mass is 79.9. The van der Waals surface area contributed by atoms with Crippen molar-refractivity contribution >= 4 is 27.9 Å². The Labute approximate surface area is 127 Å². The van der Waals surface area contributed by atoms with E-state index in [0.29, 0.717) is 6.54 Å². The Hall–Kier alpha value is -1.56. The van der Waals surface area contributed by atoms with Gasteiger partial charge in [-0.05, 0) is 31.5 Å². The number of hydrogen-bond acceptors (Lipinski definition) is 2. The van der Waals surface area contributed by atoms with Gasteiger partial charge in [-0.1, -0.05) is 28.1 Å². The molecule has 2 N–H and O–H groups in total. The molecule has 0 unspecified atom stereocenters. The second kappa shape index (κ2) is 6.74. The summed E-state index contributed by atoms with van der Waals surface area (Å²) in [4.78, 5) is 24.3. The first kappa shape index (κ1) is 16.5. The number of carbonyl (C=O) groups is 2. The van der Waals surface area contributed by atoms with E-state index in [1.165, 1.54) is 4.90 Å². The van der Waals surface area contributed by atoms with Crippen LogP contribution in [-0.4, -0.2) is 34.6 Å². The minimum Gasteiger partial charge on any atom is -0.481 e. The molecule has 0 saturated heterocycles. The minimum atomic E-state index is -0.940. The van der Waals surface area contributed by atoms with Crippen molar-refractivity contribution in [1.82, 2.24) is 10.2 Å². The molecule has 0 saturated carbocycles. The summed E-state index contributed by atoms with van der Waals surface area (Å²) in [6.45, 7) is 3.83. The summed E-state index contributed by atoms with van der Waals surface area (Å²) in [6.07, 6.45) is -0.122. The van der Waals surface area contributed by atoms with Gasteiger partial charge in [0, 0.05) is 23.6 Å². The van der Waals surface area contributed by atoms with Gasteiger partial charge in [0.1, 0.15) is 0 Å². The van der Waals surface area contributed by atoms with E-state index in [2.05, 4.69) is 21.2 Å². The summed E-state index contributed by atoms with van der Waals surface area (Å²) in [5.74, 6) is -0.940. The van der Waals surface area contributed by atoms with Crippen molar-refractivity contribution in [2.45, 2.75) is 32.4 Å². The Morgan fingerprint density at radius 2 is 2.05 bits per heavy atom. The van der Waals surface area contributed by atoms with Gasteiger partial charge in [-0.25, -0.2) is 4.79 Å². The number of rotatable bonds is 5.